The number of nitrogens with one attached hydrogen (secondary N) is 1. The highest BCUT2D eigenvalue weighted by atomic mass is 32.2. The number of ether oxygens (including phenoxy) is 1. The number of aliphatic carboxylic acids is 1. The van der Waals surface area contributed by atoms with Gasteiger partial charge in [0, 0.05) is 26.1 Å². The summed E-state index contributed by atoms with van der Waals surface area (Å²) in [5.74, 6) is -1.82. The largest absolute Gasteiger partial charge is 0.481 e. The molecule has 2 rings (SSSR count). The molecule has 2 N–H and O–H groups in total. The number of morpholine rings is 1. The van der Waals surface area contributed by atoms with Gasteiger partial charge in [-0.3, -0.25) is 9.59 Å². The molecule has 26 heavy (non-hydrogen) atoms. The maximum atomic E-state index is 12.5. The Morgan fingerprint density at radius 3 is 2.42 bits per heavy atom. The van der Waals surface area contributed by atoms with Crippen molar-refractivity contribution < 1.29 is 27.9 Å². The Balaban J connectivity index is 1.87. The number of amides is 1. The third-order valence-electron chi connectivity index (χ3n) is 4.20. The summed E-state index contributed by atoms with van der Waals surface area (Å²) in [4.78, 5) is 22.7. The quantitative estimate of drug-likeness (QED) is 0.674. The predicted octanol–water partition coefficient (Wildman–Crippen LogP) is 0.477. The number of sulfonamides is 1. The molecule has 1 fully saturated rings. The molecule has 0 radical (unpaired) electrons. The van der Waals surface area contributed by atoms with Crippen molar-refractivity contribution in [2.75, 3.05) is 32.8 Å². The van der Waals surface area contributed by atoms with Crippen LogP contribution in [0.4, 0.5) is 0 Å². The van der Waals surface area contributed by atoms with E-state index >= 15 is 0 Å². The Hall–Kier alpha value is -1.97. The van der Waals surface area contributed by atoms with E-state index in [9.17, 15) is 18.0 Å². The van der Waals surface area contributed by atoms with Crippen molar-refractivity contribution in [3.63, 3.8) is 0 Å². The van der Waals surface area contributed by atoms with Crippen molar-refractivity contribution in [3.8, 4) is 0 Å². The lowest BCUT2D eigenvalue weighted by Crippen LogP contribution is -2.40. The van der Waals surface area contributed by atoms with Crippen LogP contribution < -0.4 is 5.32 Å². The van der Waals surface area contributed by atoms with Crippen LogP contribution in [0.3, 0.4) is 0 Å². The lowest BCUT2D eigenvalue weighted by Gasteiger charge is -2.26. The summed E-state index contributed by atoms with van der Waals surface area (Å²) in [6.07, 6.45) is 0.660. The van der Waals surface area contributed by atoms with E-state index in [2.05, 4.69) is 5.32 Å². The van der Waals surface area contributed by atoms with Crippen LogP contribution in [0.5, 0.6) is 0 Å². The number of rotatable bonds is 8. The average molecular weight is 384 g/mol. The SMILES string of the molecule is CC(CNC(=O)CCc1ccc(S(=O)(=O)N2CCOCC2)cc1)C(=O)O. The fourth-order valence-corrected chi connectivity index (χ4v) is 3.87. The zero-order valence-corrected chi connectivity index (χ0v) is 15.5. The monoisotopic (exact) mass is 384 g/mol. The van der Waals surface area contributed by atoms with Crippen LogP contribution in [0.15, 0.2) is 29.2 Å². The van der Waals surface area contributed by atoms with E-state index < -0.39 is 21.9 Å². The number of carboxylic acid groups (broad SMARTS) is 1. The molecule has 0 saturated carbocycles. The van der Waals surface area contributed by atoms with Crippen molar-refractivity contribution in [2.24, 2.45) is 5.92 Å². The van der Waals surface area contributed by atoms with Crippen LogP contribution in [0.25, 0.3) is 0 Å². The lowest BCUT2D eigenvalue weighted by molar-refractivity contribution is -0.141. The third-order valence-corrected chi connectivity index (χ3v) is 6.11. The van der Waals surface area contributed by atoms with Crippen molar-refractivity contribution in [2.45, 2.75) is 24.7 Å². The summed E-state index contributed by atoms with van der Waals surface area (Å²) in [7, 11) is -3.52. The van der Waals surface area contributed by atoms with Crippen molar-refractivity contribution in [1.82, 2.24) is 9.62 Å². The number of aryl methyl sites for hydroxylation is 1. The lowest BCUT2D eigenvalue weighted by atomic mass is 10.1. The van der Waals surface area contributed by atoms with E-state index in [-0.39, 0.29) is 23.8 Å². The minimum absolute atomic E-state index is 0.0882. The number of carbonyl (C=O) groups is 2. The number of carboxylic acids is 1. The fourth-order valence-electron chi connectivity index (χ4n) is 2.46. The fraction of sp³-hybridized carbons (Fsp3) is 0.529. The Labute approximate surface area is 153 Å². The topological polar surface area (TPSA) is 113 Å². The first kappa shape index (κ1) is 20.3. The van der Waals surface area contributed by atoms with Crippen LogP contribution in [0, 0.1) is 5.92 Å². The minimum Gasteiger partial charge on any atom is -0.481 e. The molecule has 9 heteroatoms. The van der Waals surface area contributed by atoms with Gasteiger partial charge in [0.2, 0.25) is 15.9 Å². The molecule has 0 aromatic heterocycles. The zero-order chi connectivity index (χ0) is 19.2. The molecule has 1 aliphatic rings. The number of hydrogen-bond acceptors (Lipinski definition) is 5. The summed E-state index contributed by atoms with van der Waals surface area (Å²) >= 11 is 0. The van der Waals surface area contributed by atoms with Crippen molar-refractivity contribution >= 4 is 21.9 Å². The number of carbonyl (C=O) groups excluding carboxylic acids is 1. The smallest absolute Gasteiger partial charge is 0.308 e. The van der Waals surface area contributed by atoms with E-state index in [1.54, 1.807) is 24.3 Å². The average Bonchev–Trinajstić information content (AvgIpc) is 2.65. The van der Waals surface area contributed by atoms with E-state index in [0.29, 0.717) is 32.7 Å². The van der Waals surface area contributed by atoms with Gasteiger partial charge in [0.1, 0.15) is 0 Å². The first-order chi connectivity index (χ1) is 12.3. The normalized spacial score (nSPS) is 16.8. The Kier molecular flexibility index (Phi) is 7.13. The van der Waals surface area contributed by atoms with Crippen LogP contribution in [-0.4, -0.2) is 62.6 Å². The molecule has 8 nitrogen and oxygen atoms in total. The van der Waals surface area contributed by atoms with E-state index in [0.717, 1.165) is 5.56 Å². The predicted molar refractivity (Wildman–Crippen MR) is 94.2 cm³/mol. The highest BCUT2D eigenvalue weighted by Crippen LogP contribution is 2.18. The van der Waals surface area contributed by atoms with Crippen LogP contribution in [0.2, 0.25) is 0 Å². The van der Waals surface area contributed by atoms with E-state index in [1.807, 2.05) is 0 Å². The second-order valence-corrected chi connectivity index (χ2v) is 8.14. The highest BCUT2D eigenvalue weighted by Gasteiger charge is 2.26. The summed E-state index contributed by atoms with van der Waals surface area (Å²) < 4.78 is 31.6. The first-order valence-corrected chi connectivity index (χ1v) is 9.91. The molecule has 1 aromatic carbocycles. The second-order valence-electron chi connectivity index (χ2n) is 6.20. The minimum atomic E-state index is -3.52. The maximum absolute atomic E-state index is 12.5. The summed E-state index contributed by atoms with van der Waals surface area (Å²) in [6.45, 7) is 3.10. The van der Waals surface area contributed by atoms with E-state index in [1.165, 1.54) is 11.2 Å². The van der Waals surface area contributed by atoms with Gasteiger partial charge in [0.15, 0.2) is 0 Å². The molecule has 1 aromatic rings. The van der Waals surface area contributed by atoms with Crippen LogP contribution in [0.1, 0.15) is 18.9 Å². The van der Waals surface area contributed by atoms with Gasteiger partial charge in [-0.15, -0.1) is 0 Å². The first-order valence-electron chi connectivity index (χ1n) is 8.47. The molecule has 1 saturated heterocycles. The molecule has 1 amide bonds. The second kappa shape index (κ2) is 9.11. The van der Waals surface area contributed by atoms with Gasteiger partial charge in [0.25, 0.3) is 0 Å². The molecule has 1 unspecified atom stereocenters. The third kappa shape index (κ3) is 5.52. The molecule has 144 valence electrons. The van der Waals surface area contributed by atoms with Crippen molar-refractivity contribution in [3.05, 3.63) is 29.8 Å². The molecule has 1 atom stereocenters. The van der Waals surface area contributed by atoms with Gasteiger partial charge < -0.3 is 15.2 Å². The molecule has 0 aliphatic carbocycles. The molecular weight excluding hydrogens is 360 g/mol. The summed E-state index contributed by atoms with van der Waals surface area (Å²) in [6, 6.07) is 6.48. The van der Waals surface area contributed by atoms with Gasteiger partial charge in [0.05, 0.1) is 24.0 Å². The Bertz CT molecular complexity index is 726. The van der Waals surface area contributed by atoms with Gasteiger partial charge in [-0.25, -0.2) is 8.42 Å². The van der Waals surface area contributed by atoms with Gasteiger partial charge >= 0.3 is 5.97 Å². The van der Waals surface area contributed by atoms with Gasteiger partial charge in [-0.1, -0.05) is 19.1 Å². The molecule has 0 bridgehead atoms. The van der Waals surface area contributed by atoms with Crippen molar-refractivity contribution in [1.29, 1.82) is 0 Å². The van der Waals surface area contributed by atoms with E-state index in [4.69, 9.17) is 9.84 Å². The molecular formula is C17H24N2O6S. The van der Waals surface area contributed by atoms with Gasteiger partial charge in [-0.2, -0.15) is 4.31 Å². The van der Waals surface area contributed by atoms with Gasteiger partial charge in [-0.05, 0) is 24.1 Å². The van der Waals surface area contributed by atoms with Crippen LogP contribution in [-0.2, 0) is 30.8 Å². The Morgan fingerprint density at radius 2 is 1.85 bits per heavy atom. The summed E-state index contributed by atoms with van der Waals surface area (Å²) in [5, 5.41) is 11.4. The number of benzene rings is 1. The molecule has 1 aliphatic heterocycles. The molecule has 0 spiro atoms. The number of nitrogens with zero attached hydrogens (tertiary/aromatic N) is 1. The standard InChI is InChI=1S/C17H24N2O6S/c1-13(17(21)22)12-18-16(20)7-4-14-2-5-15(6-3-14)26(23,24)19-8-10-25-11-9-19/h2-3,5-6,13H,4,7-12H2,1H3,(H,18,20)(H,21,22). The van der Waals surface area contributed by atoms with Crippen LogP contribution >= 0.6 is 0 Å². The summed E-state index contributed by atoms with van der Waals surface area (Å²) in [5.41, 5.74) is 0.840. The molecule has 1 heterocycles. The zero-order valence-electron chi connectivity index (χ0n) is 14.7. The maximum Gasteiger partial charge on any atom is 0.308 e. The number of hydrogen-bond donors (Lipinski definition) is 2. The Morgan fingerprint density at radius 1 is 1.23 bits per heavy atom. The highest BCUT2D eigenvalue weighted by molar-refractivity contribution is 7.89.